The highest BCUT2D eigenvalue weighted by molar-refractivity contribution is 8.00. The number of carbonyl (C=O) groups excluding carboxylic acids is 4. The molecule has 3 atom stereocenters. The Morgan fingerprint density at radius 2 is 1.59 bits per heavy atom. The zero-order chi connectivity index (χ0) is 37.1. The van der Waals surface area contributed by atoms with Gasteiger partial charge in [0.15, 0.2) is 12.1 Å². The molecule has 2 heterocycles. The first-order valence-electron chi connectivity index (χ1n) is 16.0. The Balaban J connectivity index is 1.48. The minimum Gasteiger partial charge on any atom is -0.448 e. The molecule has 12 nitrogen and oxygen atoms in total. The predicted octanol–water partition coefficient (Wildman–Crippen LogP) is 5.06. The van der Waals surface area contributed by atoms with Gasteiger partial charge in [0.2, 0.25) is 10.0 Å². The zero-order valence-electron chi connectivity index (χ0n) is 28.8. The molecule has 1 unspecified atom stereocenters. The Bertz CT molecular complexity index is 1890. The summed E-state index contributed by atoms with van der Waals surface area (Å²) in [7, 11) is -3.64. The molecular weight excluding hydrogens is 713 g/mol. The van der Waals surface area contributed by atoms with Gasteiger partial charge in [0, 0.05) is 17.2 Å². The van der Waals surface area contributed by atoms with E-state index in [9.17, 15) is 27.6 Å². The number of nitrogens with one attached hydrogen (secondary N) is 1. The van der Waals surface area contributed by atoms with Crippen LogP contribution in [0.25, 0.3) is 0 Å². The second-order valence-corrected chi connectivity index (χ2v) is 16.7. The molecule has 15 heteroatoms. The van der Waals surface area contributed by atoms with Crippen molar-refractivity contribution in [2.75, 3.05) is 28.7 Å². The van der Waals surface area contributed by atoms with Gasteiger partial charge in [-0.1, -0.05) is 72.8 Å². The topological polar surface area (TPSA) is 165 Å². The van der Waals surface area contributed by atoms with Crippen LogP contribution in [-0.2, 0) is 33.9 Å². The van der Waals surface area contributed by atoms with Crippen molar-refractivity contribution in [1.82, 2.24) is 9.80 Å². The lowest BCUT2D eigenvalue weighted by molar-refractivity contribution is -0.161. The van der Waals surface area contributed by atoms with Crippen molar-refractivity contribution in [2.45, 2.75) is 49.9 Å². The van der Waals surface area contributed by atoms with Gasteiger partial charge in [-0.05, 0) is 61.4 Å². The van der Waals surface area contributed by atoms with Gasteiger partial charge in [0.25, 0.3) is 11.8 Å². The second-order valence-electron chi connectivity index (χ2n) is 13.0. The molecule has 2 aliphatic heterocycles. The van der Waals surface area contributed by atoms with Gasteiger partial charge < -0.3 is 15.2 Å². The van der Waals surface area contributed by atoms with Crippen molar-refractivity contribution in [3.8, 4) is 0 Å². The molecule has 0 radical (unpaired) electrons. The third-order valence-corrected chi connectivity index (χ3v) is 10.5. The molecule has 3 aromatic rings. The second kappa shape index (κ2) is 15.5. The van der Waals surface area contributed by atoms with Crippen LogP contribution in [0.15, 0.2) is 96.2 Å². The lowest BCUT2D eigenvalue weighted by atomic mass is 9.98. The molecule has 3 amide bonds. The van der Waals surface area contributed by atoms with E-state index in [1.54, 1.807) is 20.8 Å². The minimum absolute atomic E-state index is 0.0756. The number of sulfonamides is 1. The largest absolute Gasteiger partial charge is 0.448 e. The van der Waals surface area contributed by atoms with Crippen LogP contribution in [0, 0.1) is 0 Å². The fraction of sp³-hybridized carbons (Fsp3) is 0.333. The van der Waals surface area contributed by atoms with Gasteiger partial charge in [-0.25, -0.2) is 22.9 Å². The lowest BCUT2D eigenvalue weighted by Gasteiger charge is -2.52. The third kappa shape index (κ3) is 8.78. The summed E-state index contributed by atoms with van der Waals surface area (Å²) in [6.07, 6.45) is 1.02. The number of β-lactam (4-membered cyclic amide) rings is 1. The standard InChI is InChI=1S/C36H40N4O8S3/c1-36(2,3)48-35(44)40(31(41)27(37)24-17-12-18-26(19-24)38-51(5,45)46)29-32(42)39-28(25(20-49-4)21-50-33(29)39)34(43)47-30(22-13-8-6-9-14-22)23-15-10-7-11-16-23/h6-19,27,29-30,33,38H,20-21,37H2,1-5H3/t27-,29?,33-/m1/s1. The maximum atomic E-state index is 14.2. The third-order valence-electron chi connectivity index (χ3n) is 7.88. The number of hydrogen-bond donors (Lipinski definition) is 2. The van der Waals surface area contributed by atoms with E-state index < -0.39 is 63.1 Å². The first-order valence-corrected chi connectivity index (χ1v) is 20.3. The average Bonchev–Trinajstić information content (AvgIpc) is 3.08. The fourth-order valence-electron chi connectivity index (χ4n) is 5.74. The van der Waals surface area contributed by atoms with E-state index in [0.717, 1.165) is 22.3 Å². The molecule has 0 bridgehead atoms. The van der Waals surface area contributed by atoms with E-state index in [2.05, 4.69) is 4.72 Å². The number of anilines is 1. The normalized spacial score (nSPS) is 18.0. The number of imide groups is 1. The van der Waals surface area contributed by atoms with E-state index in [-0.39, 0.29) is 16.9 Å². The van der Waals surface area contributed by atoms with Gasteiger partial charge in [-0.3, -0.25) is 19.2 Å². The summed E-state index contributed by atoms with van der Waals surface area (Å²) in [4.78, 5) is 58.3. The van der Waals surface area contributed by atoms with Gasteiger partial charge in [-0.2, -0.15) is 11.8 Å². The lowest BCUT2D eigenvalue weighted by Crippen LogP contribution is -2.73. The van der Waals surface area contributed by atoms with Crippen molar-refractivity contribution in [3.63, 3.8) is 0 Å². The Labute approximate surface area is 306 Å². The molecule has 0 aliphatic carbocycles. The molecule has 0 spiro atoms. The van der Waals surface area contributed by atoms with E-state index in [1.807, 2.05) is 66.9 Å². The molecule has 0 saturated carbocycles. The summed E-state index contributed by atoms with van der Waals surface area (Å²) >= 11 is 2.79. The van der Waals surface area contributed by atoms with E-state index in [4.69, 9.17) is 15.2 Å². The number of hydrogen-bond acceptors (Lipinski definition) is 11. The molecule has 3 N–H and O–H groups in total. The van der Waals surface area contributed by atoms with Crippen LogP contribution in [0.5, 0.6) is 0 Å². The van der Waals surface area contributed by atoms with Crippen LogP contribution in [0.3, 0.4) is 0 Å². The molecule has 1 saturated heterocycles. The van der Waals surface area contributed by atoms with Gasteiger partial charge in [0.05, 0.1) is 6.26 Å². The Morgan fingerprint density at radius 3 is 2.14 bits per heavy atom. The number of carbonyl (C=O) groups is 4. The summed E-state index contributed by atoms with van der Waals surface area (Å²) in [5.74, 6) is -1.55. The van der Waals surface area contributed by atoms with Crippen LogP contribution >= 0.6 is 23.5 Å². The van der Waals surface area contributed by atoms with Crippen molar-refractivity contribution in [1.29, 1.82) is 0 Å². The number of benzene rings is 3. The maximum Gasteiger partial charge on any atom is 0.417 e. The zero-order valence-corrected chi connectivity index (χ0v) is 31.2. The predicted molar refractivity (Wildman–Crippen MR) is 198 cm³/mol. The molecule has 5 rings (SSSR count). The van der Waals surface area contributed by atoms with E-state index >= 15 is 0 Å². The van der Waals surface area contributed by atoms with Crippen LogP contribution in [0.2, 0.25) is 0 Å². The fourth-order valence-corrected chi connectivity index (χ4v) is 8.40. The molecule has 0 aromatic heterocycles. The number of ether oxygens (including phenoxy) is 2. The molecule has 3 aromatic carbocycles. The van der Waals surface area contributed by atoms with Crippen LogP contribution < -0.4 is 10.5 Å². The highest BCUT2D eigenvalue weighted by Gasteiger charge is 2.59. The van der Waals surface area contributed by atoms with Crippen molar-refractivity contribution < 1.29 is 37.1 Å². The number of thioether (sulfide) groups is 2. The maximum absolute atomic E-state index is 14.2. The highest BCUT2D eigenvalue weighted by Crippen LogP contribution is 2.45. The van der Waals surface area contributed by atoms with Gasteiger partial charge in [0.1, 0.15) is 22.7 Å². The van der Waals surface area contributed by atoms with Crippen molar-refractivity contribution in [3.05, 3.63) is 113 Å². The number of rotatable bonds is 11. The summed E-state index contributed by atoms with van der Waals surface area (Å²) in [5.41, 5.74) is 7.98. The quantitative estimate of drug-likeness (QED) is 0.199. The van der Waals surface area contributed by atoms with Crippen molar-refractivity contribution in [2.24, 2.45) is 5.73 Å². The van der Waals surface area contributed by atoms with E-state index in [0.29, 0.717) is 17.1 Å². The van der Waals surface area contributed by atoms with Crippen LogP contribution in [0.1, 0.15) is 49.6 Å². The summed E-state index contributed by atoms with van der Waals surface area (Å²) < 4.78 is 37.8. The number of esters is 1. The average molecular weight is 753 g/mol. The summed E-state index contributed by atoms with van der Waals surface area (Å²) in [6.45, 7) is 4.87. The summed E-state index contributed by atoms with van der Waals surface area (Å²) in [6, 6.07) is 21.6. The SMILES string of the molecule is CSCC1=C(C(=O)OC(c2ccccc2)c2ccccc2)N2C(=O)C(N(C(=O)OC(C)(C)C)C(=O)[C@H](N)c3cccc(NS(C)(=O)=O)c3)[C@H]2SC1. The van der Waals surface area contributed by atoms with Crippen LogP contribution in [-0.4, -0.2) is 83.1 Å². The first kappa shape index (κ1) is 37.9. The molecular formula is C36H40N4O8S3. The van der Waals surface area contributed by atoms with E-state index in [1.165, 1.54) is 52.7 Å². The van der Waals surface area contributed by atoms with Crippen molar-refractivity contribution >= 4 is 63.1 Å². The smallest absolute Gasteiger partial charge is 0.417 e. The molecule has 1 fully saturated rings. The van der Waals surface area contributed by atoms with Gasteiger partial charge in [-0.15, -0.1) is 11.8 Å². The van der Waals surface area contributed by atoms with Crippen LogP contribution in [0.4, 0.5) is 10.5 Å². The number of amides is 3. The number of nitrogens with two attached hydrogens (primary N) is 1. The number of nitrogens with zero attached hydrogens (tertiary/aromatic N) is 2. The van der Waals surface area contributed by atoms with Gasteiger partial charge >= 0.3 is 12.1 Å². The monoisotopic (exact) mass is 752 g/mol. The first-order chi connectivity index (χ1) is 24.1. The Hall–Kier alpha value is -4.31. The Kier molecular flexibility index (Phi) is 11.5. The molecule has 270 valence electrons. The highest BCUT2D eigenvalue weighted by atomic mass is 32.2. The molecule has 51 heavy (non-hydrogen) atoms. The minimum atomic E-state index is -3.64. The number of fused-ring (bicyclic) bond motifs is 1. The molecule has 2 aliphatic rings. The Morgan fingerprint density at radius 1 is 1.00 bits per heavy atom. The summed E-state index contributed by atoms with van der Waals surface area (Å²) in [5, 5.41) is -0.834.